The Kier molecular flexibility index (Phi) is 4.53. The van der Waals surface area contributed by atoms with E-state index in [1.807, 2.05) is 18.2 Å². The van der Waals surface area contributed by atoms with Crippen molar-refractivity contribution in [3.05, 3.63) is 41.5 Å². The summed E-state index contributed by atoms with van der Waals surface area (Å²) in [6.07, 6.45) is 4.30. The molecule has 0 unspecified atom stereocenters. The fraction of sp³-hybridized carbons (Fsp3) is 0.182. The molecule has 0 aliphatic rings. The van der Waals surface area contributed by atoms with E-state index in [-0.39, 0.29) is 12.5 Å². The second-order valence-corrected chi connectivity index (χ2v) is 3.01. The SMILES string of the molecule is NNC(=O)c1cccc(C=CCCO)c1. The van der Waals surface area contributed by atoms with Crippen LogP contribution in [0.3, 0.4) is 0 Å². The molecule has 0 heterocycles. The van der Waals surface area contributed by atoms with Crippen LogP contribution in [0.2, 0.25) is 0 Å². The van der Waals surface area contributed by atoms with E-state index >= 15 is 0 Å². The number of hydrogen-bond acceptors (Lipinski definition) is 3. The van der Waals surface area contributed by atoms with Gasteiger partial charge in [-0.3, -0.25) is 10.2 Å². The molecule has 0 fully saturated rings. The second kappa shape index (κ2) is 5.95. The van der Waals surface area contributed by atoms with E-state index in [9.17, 15) is 4.79 Å². The summed E-state index contributed by atoms with van der Waals surface area (Å²) in [5.41, 5.74) is 3.50. The zero-order valence-electron chi connectivity index (χ0n) is 8.31. The Labute approximate surface area is 88.4 Å². The van der Waals surface area contributed by atoms with Crippen LogP contribution in [-0.4, -0.2) is 17.6 Å². The van der Waals surface area contributed by atoms with Crippen molar-refractivity contribution in [3.8, 4) is 0 Å². The minimum atomic E-state index is -0.313. The average molecular weight is 206 g/mol. The smallest absolute Gasteiger partial charge is 0.265 e. The zero-order chi connectivity index (χ0) is 11.1. The summed E-state index contributed by atoms with van der Waals surface area (Å²) in [6.45, 7) is 0.124. The first-order valence-corrected chi connectivity index (χ1v) is 4.66. The Morgan fingerprint density at radius 1 is 1.53 bits per heavy atom. The van der Waals surface area contributed by atoms with E-state index in [0.717, 1.165) is 5.56 Å². The molecule has 1 rings (SSSR count). The van der Waals surface area contributed by atoms with Gasteiger partial charge in [0.25, 0.3) is 5.91 Å². The van der Waals surface area contributed by atoms with Gasteiger partial charge in [0.1, 0.15) is 0 Å². The van der Waals surface area contributed by atoms with Gasteiger partial charge in [-0.25, -0.2) is 5.84 Å². The Hall–Kier alpha value is -1.65. The van der Waals surface area contributed by atoms with Crippen molar-refractivity contribution in [1.82, 2.24) is 5.43 Å². The molecule has 0 aliphatic carbocycles. The lowest BCUT2D eigenvalue weighted by atomic mass is 10.1. The van der Waals surface area contributed by atoms with Gasteiger partial charge in [-0.15, -0.1) is 0 Å². The fourth-order valence-electron chi connectivity index (χ4n) is 1.16. The highest BCUT2D eigenvalue weighted by Crippen LogP contribution is 2.07. The Morgan fingerprint density at radius 3 is 3.00 bits per heavy atom. The van der Waals surface area contributed by atoms with E-state index in [2.05, 4.69) is 5.43 Å². The van der Waals surface area contributed by atoms with Gasteiger partial charge in [-0.05, 0) is 24.1 Å². The molecule has 0 radical (unpaired) electrons. The lowest BCUT2D eigenvalue weighted by molar-refractivity contribution is 0.0953. The molecule has 15 heavy (non-hydrogen) atoms. The molecule has 0 atom stereocenters. The maximum atomic E-state index is 11.2. The van der Waals surface area contributed by atoms with E-state index in [0.29, 0.717) is 12.0 Å². The van der Waals surface area contributed by atoms with Gasteiger partial charge in [0.2, 0.25) is 0 Å². The van der Waals surface area contributed by atoms with E-state index < -0.39 is 0 Å². The number of hydrogen-bond donors (Lipinski definition) is 3. The maximum absolute atomic E-state index is 11.2. The lowest BCUT2D eigenvalue weighted by Crippen LogP contribution is -2.29. The Bertz CT molecular complexity index is 361. The molecule has 0 aromatic heterocycles. The van der Waals surface area contributed by atoms with E-state index in [1.165, 1.54) is 0 Å². The van der Waals surface area contributed by atoms with Crippen LogP contribution < -0.4 is 11.3 Å². The summed E-state index contributed by atoms with van der Waals surface area (Å²) in [7, 11) is 0. The van der Waals surface area contributed by atoms with Crippen molar-refractivity contribution in [1.29, 1.82) is 0 Å². The summed E-state index contributed by atoms with van der Waals surface area (Å²) in [5, 5.41) is 8.59. The van der Waals surface area contributed by atoms with Gasteiger partial charge in [0, 0.05) is 12.2 Å². The van der Waals surface area contributed by atoms with Crippen molar-refractivity contribution in [2.45, 2.75) is 6.42 Å². The third-order valence-electron chi connectivity index (χ3n) is 1.89. The lowest BCUT2D eigenvalue weighted by Gasteiger charge is -2.00. The van der Waals surface area contributed by atoms with Gasteiger partial charge in [-0.1, -0.05) is 24.3 Å². The first kappa shape index (κ1) is 11.4. The van der Waals surface area contributed by atoms with Crippen LogP contribution in [0.15, 0.2) is 30.3 Å². The summed E-state index contributed by atoms with van der Waals surface area (Å²) >= 11 is 0. The molecule has 1 aromatic rings. The van der Waals surface area contributed by atoms with Crippen molar-refractivity contribution in [2.24, 2.45) is 5.84 Å². The molecule has 1 amide bonds. The standard InChI is InChI=1S/C11H14N2O2/c12-13-11(15)10-6-3-5-9(8-10)4-1-2-7-14/h1,3-6,8,14H,2,7,12H2,(H,13,15). The number of hydrazine groups is 1. The number of nitrogens with two attached hydrogens (primary N) is 1. The number of benzene rings is 1. The molecule has 0 saturated carbocycles. The van der Waals surface area contributed by atoms with Gasteiger partial charge >= 0.3 is 0 Å². The summed E-state index contributed by atoms with van der Waals surface area (Å²) < 4.78 is 0. The average Bonchev–Trinajstić information content (AvgIpc) is 2.29. The highest BCUT2D eigenvalue weighted by molar-refractivity contribution is 5.94. The molecular formula is C11H14N2O2. The highest BCUT2D eigenvalue weighted by Gasteiger charge is 2.01. The Balaban J connectivity index is 2.78. The quantitative estimate of drug-likeness (QED) is 0.385. The van der Waals surface area contributed by atoms with Gasteiger partial charge in [0.05, 0.1) is 0 Å². The monoisotopic (exact) mass is 206 g/mol. The normalized spacial score (nSPS) is 10.5. The largest absolute Gasteiger partial charge is 0.396 e. The van der Waals surface area contributed by atoms with Gasteiger partial charge in [0.15, 0.2) is 0 Å². The number of aliphatic hydroxyl groups is 1. The topological polar surface area (TPSA) is 75.3 Å². The molecule has 4 nitrogen and oxygen atoms in total. The maximum Gasteiger partial charge on any atom is 0.265 e. The zero-order valence-corrected chi connectivity index (χ0v) is 8.31. The van der Waals surface area contributed by atoms with Crippen molar-refractivity contribution < 1.29 is 9.90 Å². The molecule has 0 spiro atoms. The van der Waals surface area contributed by atoms with Crippen LogP contribution in [0.25, 0.3) is 6.08 Å². The van der Waals surface area contributed by atoms with Gasteiger partial charge < -0.3 is 5.11 Å². The molecule has 0 bridgehead atoms. The van der Waals surface area contributed by atoms with Crippen molar-refractivity contribution in [3.63, 3.8) is 0 Å². The summed E-state index contributed by atoms with van der Waals surface area (Å²) in [6, 6.07) is 7.08. The molecule has 1 aromatic carbocycles. The molecule has 0 saturated heterocycles. The first-order chi connectivity index (χ1) is 7.27. The van der Waals surface area contributed by atoms with Crippen LogP contribution in [0.1, 0.15) is 22.3 Å². The van der Waals surface area contributed by atoms with Crippen LogP contribution in [0, 0.1) is 0 Å². The van der Waals surface area contributed by atoms with Crippen LogP contribution >= 0.6 is 0 Å². The van der Waals surface area contributed by atoms with Crippen LogP contribution in [-0.2, 0) is 0 Å². The third kappa shape index (κ3) is 3.53. The minimum Gasteiger partial charge on any atom is -0.396 e. The van der Waals surface area contributed by atoms with E-state index in [1.54, 1.807) is 18.2 Å². The van der Waals surface area contributed by atoms with Crippen molar-refractivity contribution in [2.75, 3.05) is 6.61 Å². The summed E-state index contributed by atoms with van der Waals surface area (Å²) in [5.74, 6) is 4.71. The predicted molar refractivity (Wildman–Crippen MR) is 58.8 cm³/mol. The van der Waals surface area contributed by atoms with Gasteiger partial charge in [-0.2, -0.15) is 0 Å². The van der Waals surface area contributed by atoms with Crippen LogP contribution in [0.4, 0.5) is 0 Å². The number of amides is 1. The number of carbonyl (C=O) groups is 1. The predicted octanol–water partition coefficient (Wildman–Crippen LogP) is 0.686. The fourth-order valence-corrected chi connectivity index (χ4v) is 1.16. The third-order valence-corrected chi connectivity index (χ3v) is 1.89. The second-order valence-electron chi connectivity index (χ2n) is 3.01. The van der Waals surface area contributed by atoms with Crippen LogP contribution in [0.5, 0.6) is 0 Å². The Morgan fingerprint density at radius 2 is 2.33 bits per heavy atom. The minimum absolute atomic E-state index is 0.124. The number of aliphatic hydroxyl groups excluding tert-OH is 1. The molecule has 4 heteroatoms. The number of carbonyl (C=O) groups excluding carboxylic acids is 1. The number of rotatable bonds is 4. The number of nitrogen functional groups attached to an aromatic ring is 1. The molecule has 80 valence electrons. The summed E-state index contributed by atoms with van der Waals surface area (Å²) in [4.78, 5) is 11.2. The highest BCUT2D eigenvalue weighted by atomic mass is 16.2. The first-order valence-electron chi connectivity index (χ1n) is 4.66. The molecule has 0 aliphatic heterocycles. The number of nitrogens with one attached hydrogen (secondary N) is 1. The van der Waals surface area contributed by atoms with E-state index in [4.69, 9.17) is 10.9 Å². The molecular weight excluding hydrogens is 192 g/mol. The molecule has 4 N–H and O–H groups in total. The van der Waals surface area contributed by atoms with Crippen molar-refractivity contribution >= 4 is 12.0 Å².